The van der Waals surface area contributed by atoms with Crippen molar-refractivity contribution in [1.29, 1.82) is 0 Å². The summed E-state index contributed by atoms with van der Waals surface area (Å²) in [6, 6.07) is 14.1. The number of rotatable bonds is 3. The molecule has 0 aliphatic rings. The van der Waals surface area contributed by atoms with Crippen molar-refractivity contribution in [1.82, 2.24) is 4.57 Å². The van der Waals surface area contributed by atoms with Crippen LogP contribution in [0.25, 0.3) is 10.9 Å². The van der Waals surface area contributed by atoms with Crippen molar-refractivity contribution in [3.8, 4) is 0 Å². The Morgan fingerprint density at radius 1 is 1.11 bits per heavy atom. The van der Waals surface area contributed by atoms with Crippen LogP contribution in [0.3, 0.4) is 0 Å². The maximum Gasteiger partial charge on any atom is 0.150 e. The molecule has 0 fully saturated rings. The van der Waals surface area contributed by atoms with E-state index in [1.165, 1.54) is 12.1 Å². The van der Waals surface area contributed by atoms with Crippen LogP contribution in [0.5, 0.6) is 0 Å². The monoisotopic (exact) mass is 253 g/mol. The fourth-order valence-corrected chi connectivity index (χ4v) is 2.24. The Balaban J connectivity index is 2.03. The molecule has 2 nitrogen and oxygen atoms in total. The summed E-state index contributed by atoms with van der Waals surface area (Å²) < 4.78 is 15.2. The molecule has 0 N–H and O–H groups in total. The van der Waals surface area contributed by atoms with Crippen LogP contribution in [0.15, 0.2) is 54.7 Å². The number of aldehydes is 1. The van der Waals surface area contributed by atoms with Gasteiger partial charge in [0.15, 0.2) is 0 Å². The van der Waals surface area contributed by atoms with Crippen molar-refractivity contribution in [2.75, 3.05) is 0 Å². The quantitative estimate of drug-likeness (QED) is 0.653. The first-order chi connectivity index (χ1) is 9.26. The Morgan fingerprint density at radius 3 is 2.79 bits per heavy atom. The topological polar surface area (TPSA) is 22.0 Å². The van der Waals surface area contributed by atoms with E-state index in [-0.39, 0.29) is 5.82 Å². The number of carbonyl (C=O) groups is 1. The fourth-order valence-electron chi connectivity index (χ4n) is 2.24. The summed E-state index contributed by atoms with van der Waals surface area (Å²) in [5, 5.41) is 1.07. The Hall–Kier alpha value is -2.42. The van der Waals surface area contributed by atoms with Gasteiger partial charge in [-0.15, -0.1) is 0 Å². The number of hydrogen-bond acceptors (Lipinski definition) is 1. The minimum absolute atomic E-state index is 0.234. The van der Waals surface area contributed by atoms with Crippen LogP contribution in [-0.4, -0.2) is 10.9 Å². The molecule has 0 aliphatic carbocycles. The predicted molar refractivity (Wildman–Crippen MR) is 72.8 cm³/mol. The van der Waals surface area contributed by atoms with Crippen LogP contribution in [0.2, 0.25) is 0 Å². The molecule has 0 unspecified atom stereocenters. The largest absolute Gasteiger partial charge is 0.343 e. The molecular formula is C16H12FNO. The van der Waals surface area contributed by atoms with Crippen molar-refractivity contribution in [3.05, 3.63) is 71.7 Å². The standard InChI is InChI=1S/C16H12FNO/c17-15-3-1-2-12(8-15)10-18-7-6-14-5-4-13(11-19)9-16(14)18/h1-9,11H,10H2. The molecule has 0 bridgehead atoms. The maximum absolute atomic E-state index is 13.2. The average Bonchev–Trinajstić information content (AvgIpc) is 2.81. The van der Waals surface area contributed by atoms with Gasteiger partial charge in [-0.2, -0.15) is 0 Å². The maximum atomic E-state index is 13.2. The van der Waals surface area contributed by atoms with Gasteiger partial charge in [-0.1, -0.05) is 24.3 Å². The van der Waals surface area contributed by atoms with E-state index in [0.29, 0.717) is 12.1 Å². The van der Waals surface area contributed by atoms with E-state index in [2.05, 4.69) is 0 Å². The molecule has 94 valence electrons. The number of hydrogen-bond donors (Lipinski definition) is 0. The van der Waals surface area contributed by atoms with Crippen molar-refractivity contribution >= 4 is 17.2 Å². The van der Waals surface area contributed by atoms with Crippen LogP contribution >= 0.6 is 0 Å². The minimum atomic E-state index is -0.234. The smallest absolute Gasteiger partial charge is 0.150 e. The fraction of sp³-hybridized carbons (Fsp3) is 0.0625. The van der Waals surface area contributed by atoms with E-state index >= 15 is 0 Å². The van der Waals surface area contributed by atoms with E-state index in [0.717, 1.165) is 22.8 Å². The molecule has 0 radical (unpaired) electrons. The van der Waals surface area contributed by atoms with E-state index in [1.807, 2.05) is 35.0 Å². The first-order valence-electron chi connectivity index (χ1n) is 6.05. The van der Waals surface area contributed by atoms with Crippen molar-refractivity contribution < 1.29 is 9.18 Å². The minimum Gasteiger partial charge on any atom is -0.343 e. The van der Waals surface area contributed by atoms with Gasteiger partial charge in [0.2, 0.25) is 0 Å². The second kappa shape index (κ2) is 4.69. The van der Waals surface area contributed by atoms with Crippen LogP contribution in [0.1, 0.15) is 15.9 Å². The van der Waals surface area contributed by atoms with E-state index in [4.69, 9.17) is 0 Å². The van der Waals surface area contributed by atoms with Gasteiger partial charge in [0.1, 0.15) is 12.1 Å². The molecule has 19 heavy (non-hydrogen) atoms. The van der Waals surface area contributed by atoms with Gasteiger partial charge in [0.05, 0.1) is 0 Å². The third-order valence-electron chi connectivity index (χ3n) is 3.18. The second-order valence-electron chi connectivity index (χ2n) is 4.51. The molecule has 0 aliphatic heterocycles. The van der Waals surface area contributed by atoms with Gasteiger partial charge in [0.25, 0.3) is 0 Å². The molecule has 3 rings (SSSR count). The highest BCUT2D eigenvalue weighted by molar-refractivity contribution is 5.87. The summed E-state index contributed by atoms with van der Waals surface area (Å²) >= 11 is 0. The molecule has 0 atom stereocenters. The second-order valence-corrected chi connectivity index (χ2v) is 4.51. The molecule has 0 saturated carbocycles. The molecule has 0 spiro atoms. The first-order valence-corrected chi connectivity index (χ1v) is 6.05. The molecule has 0 saturated heterocycles. The van der Waals surface area contributed by atoms with Gasteiger partial charge in [0, 0.05) is 23.8 Å². The lowest BCUT2D eigenvalue weighted by Gasteiger charge is -2.06. The molecule has 1 aromatic heterocycles. The highest BCUT2D eigenvalue weighted by Gasteiger charge is 2.03. The Labute approximate surface area is 110 Å². The Kier molecular flexibility index (Phi) is 2.88. The zero-order chi connectivity index (χ0) is 13.2. The number of carbonyl (C=O) groups excluding carboxylic acids is 1. The molecule has 2 aromatic carbocycles. The molecule has 3 heteroatoms. The number of nitrogens with zero attached hydrogens (tertiary/aromatic N) is 1. The summed E-state index contributed by atoms with van der Waals surface area (Å²) in [6.07, 6.45) is 2.78. The lowest BCUT2D eigenvalue weighted by atomic mass is 10.2. The van der Waals surface area contributed by atoms with Crippen LogP contribution in [-0.2, 0) is 6.54 Å². The molecule has 1 heterocycles. The van der Waals surface area contributed by atoms with Gasteiger partial charge in [-0.05, 0) is 35.2 Å². The van der Waals surface area contributed by atoms with Crippen LogP contribution < -0.4 is 0 Å². The van der Waals surface area contributed by atoms with E-state index in [9.17, 15) is 9.18 Å². The summed E-state index contributed by atoms with van der Waals surface area (Å²) in [4.78, 5) is 10.8. The zero-order valence-electron chi connectivity index (χ0n) is 10.2. The van der Waals surface area contributed by atoms with Crippen LogP contribution in [0.4, 0.5) is 4.39 Å². The highest BCUT2D eigenvalue weighted by atomic mass is 19.1. The molecule has 3 aromatic rings. The number of benzene rings is 2. The van der Waals surface area contributed by atoms with E-state index in [1.54, 1.807) is 12.1 Å². The zero-order valence-corrected chi connectivity index (χ0v) is 10.2. The summed E-state index contributed by atoms with van der Waals surface area (Å²) in [7, 11) is 0. The third kappa shape index (κ3) is 2.27. The van der Waals surface area contributed by atoms with Gasteiger partial charge in [-0.25, -0.2) is 4.39 Å². The number of halogens is 1. The first kappa shape index (κ1) is 11.7. The van der Waals surface area contributed by atoms with Crippen molar-refractivity contribution in [2.45, 2.75) is 6.54 Å². The predicted octanol–water partition coefficient (Wildman–Crippen LogP) is 3.64. The SMILES string of the molecule is O=Cc1ccc2ccn(Cc3cccc(F)c3)c2c1. The Morgan fingerprint density at radius 2 is 2.00 bits per heavy atom. The normalized spacial score (nSPS) is 10.8. The Bertz CT molecular complexity index is 745. The highest BCUT2D eigenvalue weighted by Crippen LogP contribution is 2.18. The molecular weight excluding hydrogens is 241 g/mol. The summed E-state index contributed by atoms with van der Waals surface area (Å²) in [5.74, 6) is -0.234. The lowest BCUT2D eigenvalue weighted by Crippen LogP contribution is -1.98. The average molecular weight is 253 g/mol. The third-order valence-corrected chi connectivity index (χ3v) is 3.18. The molecule has 0 amide bonds. The summed E-state index contributed by atoms with van der Waals surface area (Å²) in [6.45, 7) is 0.587. The van der Waals surface area contributed by atoms with Gasteiger partial charge >= 0.3 is 0 Å². The summed E-state index contributed by atoms with van der Waals surface area (Å²) in [5.41, 5.74) is 2.52. The van der Waals surface area contributed by atoms with Gasteiger partial charge in [-0.3, -0.25) is 4.79 Å². The van der Waals surface area contributed by atoms with Gasteiger partial charge < -0.3 is 4.57 Å². The number of fused-ring (bicyclic) bond motifs is 1. The van der Waals surface area contributed by atoms with Crippen molar-refractivity contribution in [2.24, 2.45) is 0 Å². The van der Waals surface area contributed by atoms with Crippen LogP contribution in [0, 0.1) is 5.82 Å². The lowest BCUT2D eigenvalue weighted by molar-refractivity contribution is 0.112. The van der Waals surface area contributed by atoms with E-state index < -0.39 is 0 Å². The number of aromatic nitrogens is 1. The van der Waals surface area contributed by atoms with Crippen molar-refractivity contribution in [3.63, 3.8) is 0 Å².